The third kappa shape index (κ3) is 4.59. The van der Waals surface area contributed by atoms with Gasteiger partial charge in [0.2, 0.25) is 0 Å². The minimum Gasteiger partial charge on any atom is -0.387 e. The Morgan fingerprint density at radius 2 is 2.07 bits per heavy atom. The monoisotopic (exact) mass is 456 g/mol. The van der Waals surface area contributed by atoms with Gasteiger partial charge in [0, 0.05) is 6.20 Å². The van der Waals surface area contributed by atoms with Gasteiger partial charge in [0.1, 0.15) is 43.7 Å². The van der Waals surface area contributed by atoms with E-state index in [1.54, 1.807) is 6.20 Å². The summed E-state index contributed by atoms with van der Waals surface area (Å²) in [7, 11) is -6.48. The number of phosphoric acid groups is 1. The number of aliphatic hydroxyl groups is 2. The van der Waals surface area contributed by atoms with Gasteiger partial charge in [-0.25, -0.2) is 14.5 Å². The van der Waals surface area contributed by atoms with Crippen LogP contribution in [0.2, 0.25) is 19.6 Å². The van der Waals surface area contributed by atoms with Crippen molar-refractivity contribution in [2.24, 2.45) is 0 Å². The molecule has 0 unspecified atom stereocenters. The number of hydrogen-bond acceptors (Lipinski definition) is 8. The van der Waals surface area contributed by atoms with Crippen LogP contribution in [0.25, 0.3) is 11.0 Å². The molecule has 1 saturated heterocycles. The SMILES string of the molecule is C[C@@]1(O)[C@H](O)[C@@H](COP(=O)(O)O)O[C@H]1n1cc(C#C[Si](C)(C)C)c2c(N)ncnc21. The van der Waals surface area contributed by atoms with Crippen molar-refractivity contribution in [1.29, 1.82) is 0 Å². The number of ether oxygens (including phenoxy) is 1. The molecular weight excluding hydrogens is 431 g/mol. The lowest BCUT2D eigenvalue weighted by atomic mass is 9.96. The second kappa shape index (κ2) is 7.71. The molecule has 0 amide bonds. The number of hydrogen-bond donors (Lipinski definition) is 5. The zero-order valence-corrected chi connectivity index (χ0v) is 18.9. The largest absolute Gasteiger partial charge is 0.469 e. The van der Waals surface area contributed by atoms with Crippen LogP contribution >= 0.6 is 7.82 Å². The van der Waals surface area contributed by atoms with Crippen molar-refractivity contribution in [2.45, 2.75) is 50.6 Å². The van der Waals surface area contributed by atoms with E-state index in [4.69, 9.17) is 20.3 Å². The van der Waals surface area contributed by atoms with Crippen LogP contribution in [-0.4, -0.2) is 67.0 Å². The fourth-order valence-corrected chi connectivity index (χ4v) is 4.04. The molecule has 30 heavy (non-hydrogen) atoms. The molecule has 0 bridgehead atoms. The summed E-state index contributed by atoms with van der Waals surface area (Å²) in [6.07, 6.45) is -0.940. The first-order chi connectivity index (χ1) is 13.7. The number of nitrogens with two attached hydrogens (primary N) is 1. The highest BCUT2D eigenvalue weighted by atomic mass is 31.2. The molecule has 0 saturated carbocycles. The van der Waals surface area contributed by atoms with Gasteiger partial charge in [0.25, 0.3) is 0 Å². The lowest BCUT2D eigenvalue weighted by Crippen LogP contribution is -2.44. The van der Waals surface area contributed by atoms with Crippen molar-refractivity contribution in [1.82, 2.24) is 14.5 Å². The summed E-state index contributed by atoms with van der Waals surface area (Å²) < 4.78 is 22.7. The number of fused-ring (bicyclic) bond motifs is 1. The van der Waals surface area contributed by atoms with E-state index in [0.29, 0.717) is 16.6 Å². The van der Waals surface area contributed by atoms with Crippen molar-refractivity contribution in [3.63, 3.8) is 0 Å². The van der Waals surface area contributed by atoms with Gasteiger partial charge >= 0.3 is 7.82 Å². The van der Waals surface area contributed by atoms with Crippen LogP contribution in [-0.2, 0) is 13.8 Å². The Labute approximate surface area is 174 Å². The molecule has 1 aliphatic rings. The average molecular weight is 456 g/mol. The van der Waals surface area contributed by atoms with E-state index >= 15 is 0 Å². The van der Waals surface area contributed by atoms with Gasteiger partial charge in [-0.05, 0) is 6.92 Å². The topological polar surface area (TPSA) is 173 Å². The third-order valence-corrected chi connectivity index (χ3v) is 5.99. The summed E-state index contributed by atoms with van der Waals surface area (Å²) in [6.45, 7) is 7.00. The standard InChI is InChI=1S/C17H25N4O7PSi/c1-17(23)13(22)11(8-27-29(24,25)26)28-16(17)21-7-10(5-6-30(2,3)4)12-14(18)19-9-20-15(12)21/h7,9,11,13,16,22-23H,8H2,1-4H3,(H2,18,19,20)(H2,24,25,26)/t11-,13-,16-,17-/m1/s1. The molecule has 11 nitrogen and oxygen atoms in total. The van der Waals surface area contributed by atoms with E-state index in [2.05, 4.69) is 45.6 Å². The fraction of sp³-hybridized carbons (Fsp3) is 0.529. The Hall–Kier alpha value is -1.81. The lowest BCUT2D eigenvalue weighted by Gasteiger charge is -2.27. The normalized spacial score (nSPS) is 27.3. The predicted octanol–water partition coefficient (Wildman–Crippen LogP) is 0.361. The first kappa shape index (κ1) is 22.9. The molecule has 1 aliphatic heterocycles. The highest BCUT2D eigenvalue weighted by Crippen LogP contribution is 2.43. The number of rotatable bonds is 4. The molecule has 3 heterocycles. The molecule has 2 aromatic heterocycles. The first-order valence-electron chi connectivity index (χ1n) is 9.11. The van der Waals surface area contributed by atoms with Crippen molar-refractivity contribution < 1.29 is 33.8 Å². The highest BCUT2D eigenvalue weighted by Gasteiger charge is 2.54. The van der Waals surface area contributed by atoms with Crippen LogP contribution in [0.4, 0.5) is 5.82 Å². The van der Waals surface area contributed by atoms with Crippen LogP contribution < -0.4 is 5.73 Å². The Balaban J connectivity index is 2.06. The Bertz CT molecular complexity index is 1070. The molecule has 164 valence electrons. The number of nitrogen functional groups attached to an aromatic ring is 1. The zero-order chi connectivity index (χ0) is 22.5. The van der Waals surface area contributed by atoms with E-state index in [0.717, 1.165) is 0 Å². The highest BCUT2D eigenvalue weighted by molar-refractivity contribution is 7.46. The van der Waals surface area contributed by atoms with Crippen molar-refractivity contribution in [3.05, 3.63) is 18.1 Å². The molecule has 6 N–H and O–H groups in total. The summed E-state index contributed by atoms with van der Waals surface area (Å²) in [5.41, 5.74) is 8.36. The molecule has 3 rings (SSSR count). The minimum absolute atomic E-state index is 0.207. The minimum atomic E-state index is -4.78. The molecule has 4 atom stereocenters. The van der Waals surface area contributed by atoms with E-state index in [1.807, 2.05) is 0 Å². The number of phosphoric ester groups is 1. The number of anilines is 1. The molecule has 0 aromatic carbocycles. The fourth-order valence-electron chi connectivity index (χ4n) is 3.19. The quantitative estimate of drug-likeness (QED) is 0.246. The molecule has 0 aliphatic carbocycles. The van der Waals surface area contributed by atoms with E-state index in [1.165, 1.54) is 17.8 Å². The van der Waals surface area contributed by atoms with Crippen molar-refractivity contribution in [2.75, 3.05) is 12.3 Å². The predicted molar refractivity (Wildman–Crippen MR) is 111 cm³/mol. The van der Waals surface area contributed by atoms with Gasteiger partial charge in [-0.15, -0.1) is 5.54 Å². The summed E-state index contributed by atoms with van der Waals surface area (Å²) in [4.78, 5) is 26.1. The summed E-state index contributed by atoms with van der Waals surface area (Å²) in [5.74, 6) is 3.32. The van der Waals surface area contributed by atoms with Crippen LogP contribution in [0, 0.1) is 11.5 Å². The molecule has 13 heteroatoms. The van der Waals surface area contributed by atoms with Crippen LogP contribution in [0.1, 0.15) is 18.7 Å². The van der Waals surface area contributed by atoms with Crippen LogP contribution in [0.3, 0.4) is 0 Å². The maximum Gasteiger partial charge on any atom is 0.469 e. The van der Waals surface area contributed by atoms with Crippen LogP contribution in [0.15, 0.2) is 12.5 Å². The summed E-state index contributed by atoms with van der Waals surface area (Å²) in [6, 6.07) is 0. The average Bonchev–Trinajstić information content (AvgIpc) is 3.07. The number of aliphatic hydroxyl groups excluding tert-OH is 1. The molecule has 1 fully saturated rings. The molecule has 0 spiro atoms. The first-order valence-corrected chi connectivity index (χ1v) is 14.1. The van der Waals surface area contributed by atoms with Crippen molar-refractivity contribution >= 4 is 32.7 Å². The van der Waals surface area contributed by atoms with Gasteiger partial charge in [-0.3, -0.25) is 4.52 Å². The Kier molecular flexibility index (Phi) is 5.87. The van der Waals surface area contributed by atoms with Gasteiger partial charge in [-0.1, -0.05) is 25.6 Å². The smallest absolute Gasteiger partial charge is 0.387 e. The van der Waals surface area contributed by atoms with Gasteiger partial charge < -0.3 is 35.0 Å². The second-order valence-corrected chi connectivity index (χ2v) is 14.4. The van der Waals surface area contributed by atoms with E-state index < -0.39 is 46.5 Å². The Morgan fingerprint density at radius 1 is 1.40 bits per heavy atom. The van der Waals surface area contributed by atoms with Crippen LogP contribution in [0.5, 0.6) is 0 Å². The molecule has 0 radical (unpaired) electrons. The van der Waals surface area contributed by atoms with Gasteiger partial charge in [-0.2, -0.15) is 0 Å². The van der Waals surface area contributed by atoms with Gasteiger partial charge in [0.05, 0.1) is 17.6 Å². The lowest BCUT2D eigenvalue weighted by molar-refractivity contribution is -0.0947. The van der Waals surface area contributed by atoms with E-state index in [9.17, 15) is 14.8 Å². The second-order valence-electron chi connectivity index (χ2n) is 8.39. The molecular formula is C17H25N4O7PSi. The van der Waals surface area contributed by atoms with Crippen molar-refractivity contribution in [3.8, 4) is 11.5 Å². The zero-order valence-electron chi connectivity index (χ0n) is 17.0. The van der Waals surface area contributed by atoms with Gasteiger partial charge in [0.15, 0.2) is 6.23 Å². The number of nitrogens with zero attached hydrogens (tertiary/aromatic N) is 3. The maximum absolute atomic E-state index is 11.0. The van der Waals surface area contributed by atoms with E-state index in [-0.39, 0.29) is 5.82 Å². The third-order valence-electron chi connectivity index (χ3n) is 4.63. The Morgan fingerprint density at radius 3 is 2.67 bits per heavy atom. The summed E-state index contributed by atoms with van der Waals surface area (Å²) >= 11 is 0. The number of aromatic nitrogens is 3. The maximum atomic E-state index is 11.0. The molecule has 2 aromatic rings. The summed E-state index contributed by atoms with van der Waals surface area (Å²) in [5, 5.41) is 21.9.